The summed E-state index contributed by atoms with van der Waals surface area (Å²) in [5.74, 6) is 1.79. The molecule has 1 aromatic rings. The van der Waals surface area contributed by atoms with Crippen molar-refractivity contribution in [2.45, 2.75) is 57.8 Å². The molecular weight excluding hydrogens is 218 g/mol. The lowest BCUT2D eigenvalue weighted by atomic mass is 9.83. The first-order valence-electron chi connectivity index (χ1n) is 7.68. The fourth-order valence-corrected chi connectivity index (χ4v) is 3.78. The van der Waals surface area contributed by atoms with Crippen molar-refractivity contribution in [3.8, 4) is 0 Å². The molecule has 1 aromatic carbocycles. The molecule has 1 saturated carbocycles. The van der Waals surface area contributed by atoms with Gasteiger partial charge >= 0.3 is 0 Å². The second-order valence-electron chi connectivity index (χ2n) is 6.20. The van der Waals surface area contributed by atoms with Gasteiger partial charge in [-0.15, -0.1) is 0 Å². The number of anilines is 1. The maximum atomic E-state index is 3.61. The smallest absolute Gasteiger partial charge is 0.0406 e. The van der Waals surface area contributed by atoms with E-state index in [1.54, 1.807) is 5.56 Å². The van der Waals surface area contributed by atoms with Crippen LogP contribution in [0.4, 0.5) is 5.69 Å². The van der Waals surface area contributed by atoms with Crippen molar-refractivity contribution in [3.63, 3.8) is 0 Å². The highest BCUT2D eigenvalue weighted by atomic mass is 14.9. The van der Waals surface area contributed by atoms with Crippen molar-refractivity contribution >= 4 is 5.69 Å². The standard InChI is InChI=1S/C17H25N/c1-13-6-5-9-16-15(12-18-17(13)16)11-10-14-7-3-2-4-8-14/h5-6,9,14-15,18H,2-4,7-8,10-12H2,1H3. The Labute approximate surface area is 111 Å². The maximum Gasteiger partial charge on any atom is 0.0406 e. The average molecular weight is 243 g/mol. The number of rotatable bonds is 3. The van der Waals surface area contributed by atoms with Gasteiger partial charge in [-0.05, 0) is 36.8 Å². The summed E-state index contributed by atoms with van der Waals surface area (Å²) in [6, 6.07) is 6.76. The zero-order chi connectivity index (χ0) is 12.4. The van der Waals surface area contributed by atoms with E-state index >= 15 is 0 Å². The zero-order valence-electron chi connectivity index (χ0n) is 11.5. The van der Waals surface area contributed by atoms with Crippen LogP contribution < -0.4 is 5.32 Å². The van der Waals surface area contributed by atoms with Gasteiger partial charge in [0.15, 0.2) is 0 Å². The highest BCUT2D eigenvalue weighted by molar-refractivity contribution is 5.62. The topological polar surface area (TPSA) is 12.0 Å². The summed E-state index contributed by atoms with van der Waals surface area (Å²) < 4.78 is 0. The van der Waals surface area contributed by atoms with Crippen molar-refractivity contribution in [3.05, 3.63) is 29.3 Å². The summed E-state index contributed by atoms with van der Waals surface area (Å²) in [5.41, 5.74) is 4.41. The quantitative estimate of drug-likeness (QED) is 0.799. The molecule has 1 atom stereocenters. The Morgan fingerprint density at radius 1 is 1.11 bits per heavy atom. The third-order valence-electron chi connectivity index (χ3n) is 4.92. The molecule has 0 aromatic heterocycles. The molecule has 1 nitrogen and oxygen atoms in total. The molecule has 1 aliphatic heterocycles. The zero-order valence-corrected chi connectivity index (χ0v) is 11.5. The molecule has 1 N–H and O–H groups in total. The molecule has 18 heavy (non-hydrogen) atoms. The Kier molecular flexibility index (Phi) is 3.58. The van der Waals surface area contributed by atoms with E-state index in [1.165, 1.54) is 56.2 Å². The summed E-state index contributed by atoms with van der Waals surface area (Å²) in [4.78, 5) is 0. The summed E-state index contributed by atoms with van der Waals surface area (Å²) in [7, 11) is 0. The van der Waals surface area contributed by atoms with Crippen LogP contribution in [0.3, 0.4) is 0 Å². The van der Waals surface area contributed by atoms with Gasteiger partial charge in [-0.2, -0.15) is 0 Å². The number of para-hydroxylation sites is 1. The van der Waals surface area contributed by atoms with E-state index in [0.29, 0.717) is 0 Å². The van der Waals surface area contributed by atoms with Crippen LogP contribution in [0, 0.1) is 12.8 Å². The van der Waals surface area contributed by atoms with Crippen LogP contribution in [0.5, 0.6) is 0 Å². The largest absolute Gasteiger partial charge is 0.384 e. The van der Waals surface area contributed by atoms with E-state index in [1.807, 2.05) is 0 Å². The third-order valence-corrected chi connectivity index (χ3v) is 4.92. The minimum atomic E-state index is 0.766. The average Bonchev–Trinajstić information content (AvgIpc) is 2.82. The second-order valence-corrected chi connectivity index (χ2v) is 6.20. The molecule has 0 bridgehead atoms. The predicted octanol–water partition coefficient (Wildman–Crippen LogP) is 4.86. The van der Waals surface area contributed by atoms with Crippen LogP contribution in [-0.4, -0.2) is 6.54 Å². The normalized spacial score (nSPS) is 23.7. The highest BCUT2D eigenvalue weighted by Gasteiger charge is 2.24. The first-order valence-corrected chi connectivity index (χ1v) is 7.68. The number of hydrogen-bond acceptors (Lipinski definition) is 1. The summed E-state index contributed by atoms with van der Waals surface area (Å²) in [6.45, 7) is 3.38. The third kappa shape index (κ3) is 2.41. The maximum absolute atomic E-state index is 3.61. The molecule has 1 heteroatoms. The van der Waals surface area contributed by atoms with Crippen LogP contribution in [-0.2, 0) is 0 Å². The summed E-state index contributed by atoms with van der Waals surface area (Å²) in [5, 5.41) is 3.61. The van der Waals surface area contributed by atoms with Crippen molar-refractivity contribution < 1.29 is 0 Å². The summed E-state index contributed by atoms with van der Waals surface area (Å²) >= 11 is 0. The van der Waals surface area contributed by atoms with Crippen molar-refractivity contribution in [2.24, 2.45) is 5.92 Å². The van der Waals surface area contributed by atoms with Crippen LogP contribution >= 0.6 is 0 Å². The number of benzene rings is 1. The van der Waals surface area contributed by atoms with Gasteiger partial charge in [-0.1, -0.05) is 50.3 Å². The van der Waals surface area contributed by atoms with Gasteiger partial charge in [0.2, 0.25) is 0 Å². The van der Waals surface area contributed by atoms with E-state index in [-0.39, 0.29) is 0 Å². The van der Waals surface area contributed by atoms with Gasteiger partial charge in [-0.25, -0.2) is 0 Å². The molecule has 1 unspecified atom stereocenters. The van der Waals surface area contributed by atoms with E-state index in [2.05, 4.69) is 30.4 Å². The second kappa shape index (κ2) is 5.34. The Morgan fingerprint density at radius 2 is 1.94 bits per heavy atom. The fraction of sp³-hybridized carbons (Fsp3) is 0.647. The lowest BCUT2D eigenvalue weighted by Gasteiger charge is -2.22. The molecule has 3 rings (SSSR count). The SMILES string of the molecule is Cc1cccc2c1NCC2CCC1CCCCC1. The van der Waals surface area contributed by atoms with Crippen molar-refractivity contribution in [2.75, 3.05) is 11.9 Å². The molecule has 98 valence electrons. The Hall–Kier alpha value is -0.980. The van der Waals surface area contributed by atoms with Gasteiger partial charge in [-0.3, -0.25) is 0 Å². The lowest BCUT2D eigenvalue weighted by Crippen LogP contribution is -2.09. The monoisotopic (exact) mass is 243 g/mol. The van der Waals surface area contributed by atoms with E-state index in [9.17, 15) is 0 Å². The number of nitrogens with one attached hydrogen (secondary N) is 1. The number of fused-ring (bicyclic) bond motifs is 1. The van der Waals surface area contributed by atoms with Gasteiger partial charge in [0.1, 0.15) is 0 Å². The Balaban J connectivity index is 1.60. The minimum Gasteiger partial charge on any atom is -0.384 e. The first kappa shape index (κ1) is 12.1. The van der Waals surface area contributed by atoms with Gasteiger partial charge < -0.3 is 5.32 Å². The van der Waals surface area contributed by atoms with E-state index < -0.39 is 0 Å². The van der Waals surface area contributed by atoms with Crippen LogP contribution in [0.2, 0.25) is 0 Å². The Bertz CT molecular complexity index is 404. The number of hydrogen-bond donors (Lipinski definition) is 1. The molecule has 0 saturated heterocycles. The molecule has 0 amide bonds. The Morgan fingerprint density at radius 3 is 2.78 bits per heavy atom. The van der Waals surface area contributed by atoms with Crippen LogP contribution in [0.15, 0.2) is 18.2 Å². The molecule has 0 spiro atoms. The number of aryl methyl sites for hydroxylation is 1. The molecule has 2 aliphatic rings. The highest BCUT2D eigenvalue weighted by Crippen LogP contribution is 2.38. The van der Waals surface area contributed by atoms with Gasteiger partial charge in [0.05, 0.1) is 0 Å². The fourth-order valence-electron chi connectivity index (χ4n) is 3.78. The molecule has 1 aliphatic carbocycles. The molecule has 1 heterocycles. The van der Waals surface area contributed by atoms with E-state index in [0.717, 1.165) is 18.4 Å². The van der Waals surface area contributed by atoms with Gasteiger partial charge in [0.25, 0.3) is 0 Å². The minimum absolute atomic E-state index is 0.766. The lowest BCUT2D eigenvalue weighted by molar-refractivity contribution is 0.325. The molecule has 1 fully saturated rings. The van der Waals surface area contributed by atoms with Gasteiger partial charge in [0, 0.05) is 18.2 Å². The first-order chi connectivity index (χ1) is 8.84. The molecule has 0 radical (unpaired) electrons. The van der Waals surface area contributed by atoms with Crippen molar-refractivity contribution in [1.82, 2.24) is 0 Å². The van der Waals surface area contributed by atoms with Crippen LogP contribution in [0.1, 0.15) is 62.0 Å². The van der Waals surface area contributed by atoms with E-state index in [4.69, 9.17) is 0 Å². The molecular formula is C17H25N. The van der Waals surface area contributed by atoms with Crippen molar-refractivity contribution in [1.29, 1.82) is 0 Å². The summed E-state index contributed by atoms with van der Waals surface area (Å²) in [6.07, 6.45) is 10.2. The predicted molar refractivity (Wildman–Crippen MR) is 78.2 cm³/mol. The van der Waals surface area contributed by atoms with Crippen LogP contribution in [0.25, 0.3) is 0 Å².